The van der Waals surface area contributed by atoms with Gasteiger partial charge in [0.15, 0.2) is 0 Å². The standard InChI is InChI=1S/C13H16ClF/c14-9-10-1-3-11(4-2-10)12-5-7-13(15)8-6-12/h5-8,10-11H,1-4,9H2. The van der Waals surface area contributed by atoms with Gasteiger partial charge in [0.1, 0.15) is 5.82 Å². The van der Waals surface area contributed by atoms with Gasteiger partial charge in [-0.15, -0.1) is 11.6 Å². The highest BCUT2D eigenvalue weighted by atomic mass is 35.5. The molecule has 2 heteroatoms. The third-order valence-corrected chi connectivity index (χ3v) is 3.84. The summed E-state index contributed by atoms with van der Waals surface area (Å²) in [6.45, 7) is 0. The van der Waals surface area contributed by atoms with Gasteiger partial charge in [0.05, 0.1) is 0 Å². The van der Waals surface area contributed by atoms with Crippen molar-refractivity contribution in [3.05, 3.63) is 35.6 Å². The molecule has 0 unspecified atom stereocenters. The fourth-order valence-corrected chi connectivity index (χ4v) is 2.69. The number of halogens is 2. The number of benzene rings is 1. The van der Waals surface area contributed by atoms with Crippen molar-refractivity contribution >= 4 is 11.6 Å². The zero-order valence-corrected chi connectivity index (χ0v) is 9.51. The Morgan fingerprint density at radius 2 is 1.67 bits per heavy atom. The van der Waals surface area contributed by atoms with Crippen LogP contribution in [0.5, 0.6) is 0 Å². The van der Waals surface area contributed by atoms with Crippen molar-refractivity contribution in [2.45, 2.75) is 31.6 Å². The molecule has 0 heterocycles. The first-order valence-corrected chi connectivity index (χ1v) is 6.14. The molecule has 15 heavy (non-hydrogen) atoms. The fraction of sp³-hybridized carbons (Fsp3) is 0.538. The van der Waals surface area contributed by atoms with Gasteiger partial charge in [0.25, 0.3) is 0 Å². The maximum Gasteiger partial charge on any atom is 0.123 e. The topological polar surface area (TPSA) is 0 Å². The molecule has 82 valence electrons. The zero-order valence-electron chi connectivity index (χ0n) is 8.76. The van der Waals surface area contributed by atoms with Crippen LogP contribution in [0.1, 0.15) is 37.2 Å². The molecule has 2 rings (SSSR count). The van der Waals surface area contributed by atoms with E-state index in [0.29, 0.717) is 11.8 Å². The number of alkyl halides is 1. The van der Waals surface area contributed by atoms with Gasteiger partial charge < -0.3 is 0 Å². The summed E-state index contributed by atoms with van der Waals surface area (Å²) in [5.41, 5.74) is 1.28. The van der Waals surface area contributed by atoms with E-state index in [9.17, 15) is 4.39 Å². The van der Waals surface area contributed by atoms with Crippen LogP contribution in [0.15, 0.2) is 24.3 Å². The second-order valence-corrected chi connectivity index (χ2v) is 4.73. The monoisotopic (exact) mass is 226 g/mol. The Morgan fingerprint density at radius 3 is 2.20 bits per heavy atom. The van der Waals surface area contributed by atoms with Crippen LogP contribution < -0.4 is 0 Å². The van der Waals surface area contributed by atoms with Crippen LogP contribution in [0, 0.1) is 11.7 Å². The lowest BCUT2D eigenvalue weighted by atomic mass is 9.79. The molecule has 1 aromatic carbocycles. The first-order chi connectivity index (χ1) is 7.29. The average Bonchev–Trinajstić information content (AvgIpc) is 2.30. The molecule has 1 aliphatic rings. The lowest BCUT2D eigenvalue weighted by molar-refractivity contribution is 0.351. The quantitative estimate of drug-likeness (QED) is 0.659. The zero-order chi connectivity index (χ0) is 10.7. The van der Waals surface area contributed by atoms with Gasteiger partial charge in [-0.1, -0.05) is 12.1 Å². The van der Waals surface area contributed by atoms with Crippen LogP contribution in [-0.4, -0.2) is 5.88 Å². The summed E-state index contributed by atoms with van der Waals surface area (Å²) in [5.74, 6) is 1.96. The van der Waals surface area contributed by atoms with Gasteiger partial charge in [-0.05, 0) is 55.2 Å². The van der Waals surface area contributed by atoms with Gasteiger partial charge >= 0.3 is 0 Å². The lowest BCUT2D eigenvalue weighted by Crippen LogP contribution is -2.14. The summed E-state index contributed by atoms with van der Waals surface area (Å²) in [7, 11) is 0. The number of hydrogen-bond donors (Lipinski definition) is 0. The molecule has 0 saturated heterocycles. The van der Waals surface area contributed by atoms with E-state index in [1.54, 1.807) is 12.1 Å². The molecule has 0 radical (unpaired) electrons. The van der Waals surface area contributed by atoms with E-state index < -0.39 is 0 Å². The molecule has 1 saturated carbocycles. The van der Waals surface area contributed by atoms with Crippen molar-refractivity contribution in [3.63, 3.8) is 0 Å². The van der Waals surface area contributed by atoms with E-state index in [2.05, 4.69) is 0 Å². The average molecular weight is 227 g/mol. The highest BCUT2D eigenvalue weighted by molar-refractivity contribution is 6.18. The molecule has 1 fully saturated rings. The van der Waals surface area contributed by atoms with Crippen LogP contribution in [0.3, 0.4) is 0 Å². The Morgan fingerprint density at radius 1 is 1.07 bits per heavy atom. The molecule has 0 N–H and O–H groups in total. The van der Waals surface area contributed by atoms with Gasteiger partial charge in [0, 0.05) is 5.88 Å². The van der Waals surface area contributed by atoms with Crippen LogP contribution in [0.25, 0.3) is 0 Å². The first kappa shape index (κ1) is 10.9. The van der Waals surface area contributed by atoms with Crippen LogP contribution in [0.4, 0.5) is 4.39 Å². The summed E-state index contributed by atoms with van der Waals surface area (Å²) in [4.78, 5) is 0. The molecule has 0 amide bonds. The highest BCUT2D eigenvalue weighted by Gasteiger charge is 2.21. The molecular formula is C13H16ClF. The van der Waals surface area contributed by atoms with E-state index in [4.69, 9.17) is 11.6 Å². The molecule has 0 spiro atoms. The number of hydrogen-bond acceptors (Lipinski definition) is 0. The second kappa shape index (κ2) is 4.98. The lowest BCUT2D eigenvalue weighted by Gasteiger charge is -2.27. The van der Waals surface area contributed by atoms with Gasteiger partial charge in [-0.2, -0.15) is 0 Å². The fourth-order valence-electron chi connectivity index (χ4n) is 2.39. The van der Waals surface area contributed by atoms with Crippen molar-refractivity contribution in [3.8, 4) is 0 Å². The Labute approximate surface area is 95.4 Å². The smallest absolute Gasteiger partial charge is 0.123 e. The Hall–Kier alpha value is -0.560. The Bertz CT molecular complexity index is 299. The molecule has 1 aromatic rings. The van der Waals surface area contributed by atoms with Gasteiger partial charge in [-0.25, -0.2) is 4.39 Å². The van der Waals surface area contributed by atoms with Crippen molar-refractivity contribution in [2.24, 2.45) is 5.92 Å². The Balaban J connectivity index is 1.98. The summed E-state index contributed by atoms with van der Waals surface area (Å²) < 4.78 is 12.8. The predicted molar refractivity (Wildman–Crippen MR) is 61.8 cm³/mol. The van der Waals surface area contributed by atoms with E-state index >= 15 is 0 Å². The van der Waals surface area contributed by atoms with Crippen molar-refractivity contribution in [1.29, 1.82) is 0 Å². The normalized spacial score (nSPS) is 26.5. The largest absolute Gasteiger partial charge is 0.207 e. The molecule has 1 aliphatic carbocycles. The van der Waals surface area contributed by atoms with Crippen LogP contribution in [-0.2, 0) is 0 Å². The molecule has 0 nitrogen and oxygen atoms in total. The predicted octanol–water partition coefficient (Wildman–Crippen LogP) is 4.34. The minimum Gasteiger partial charge on any atom is -0.207 e. The van der Waals surface area contributed by atoms with Gasteiger partial charge in [0.2, 0.25) is 0 Å². The molecule has 0 aromatic heterocycles. The van der Waals surface area contributed by atoms with E-state index in [1.807, 2.05) is 12.1 Å². The third kappa shape index (κ3) is 2.72. The minimum absolute atomic E-state index is 0.145. The van der Waals surface area contributed by atoms with Crippen LogP contribution in [0.2, 0.25) is 0 Å². The first-order valence-electron chi connectivity index (χ1n) is 5.61. The van der Waals surface area contributed by atoms with Crippen molar-refractivity contribution in [1.82, 2.24) is 0 Å². The minimum atomic E-state index is -0.145. The van der Waals surface area contributed by atoms with Gasteiger partial charge in [-0.3, -0.25) is 0 Å². The van der Waals surface area contributed by atoms with E-state index in [0.717, 1.165) is 5.88 Å². The highest BCUT2D eigenvalue weighted by Crippen LogP contribution is 2.36. The summed E-state index contributed by atoms with van der Waals surface area (Å²) in [6, 6.07) is 6.95. The summed E-state index contributed by atoms with van der Waals surface area (Å²) >= 11 is 5.85. The van der Waals surface area contributed by atoms with E-state index in [1.165, 1.54) is 31.2 Å². The summed E-state index contributed by atoms with van der Waals surface area (Å²) in [6.07, 6.45) is 4.82. The molecule has 0 bridgehead atoms. The third-order valence-electron chi connectivity index (χ3n) is 3.41. The maximum atomic E-state index is 12.8. The summed E-state index contributed by atoms with van der Waals surface area (Å²) in [5, 5.41) is 0. The van der Waals surface area contributed by atoms with Crippen molar-refractivity contribution in [2.75, 3.05) is 5.88 Å². The molecular weight excluding hydrogens is 211 g/mol. The molecule has 0 atom stereocenters. The Kier molecular flexibility index (Phi) is 3.63. The van der Waals surface area contributed by atoms with E-state index in [-0.39, 0.29) is 5.82 Å². The van der Waals surface area contributed by atoms with Crippen LogP contribution >= 0.6 is 11.6 Å². The molecule has 0 aliphatic heterocycles. The van der Waals surface area contributed by atoms with Crippen molar-refractivity contribution < 1.29 is 4.39 Å². The second-order valence-electron chi connectivity index (χ2n) is 4.42. The maximum absolute atomic E-state index is 12.8. The SMILES string of the molecule is Fc1ccc(C2CCC(CCl)CC2)cc1. The number of rotatable bonds is 2.